The predicted molar refractivity (Wildman–Crippen MR) is 79.9 cm³/mol. The Bertz CT molecular complexity index is 794. The van der Waals surface area contributed by atoms with Crippen LogP contribution >= 0.6 is 0 Å². The number of aryl methyl sites for hydroxylation is 2. The number of aromatic nitrogens is 2. The third kappa shape index (κ3) is 4.93. The summed E-state index contributed by atoms with van der Waals surface area (Å²) in [5, 5.41) is 16.7. The zero-order chi connectivity index (χ0) is 18.6. The van der Waals surface area contributed by atoms with Gasteiger partial charge in [0.2, 0.25) is 5.91 Å². The first-order valence-electron chi connectivity index (χ1n) is 6.99. The second kappa shape index (κ2) is 7.64. The van der Waals surface area contributed by atoms with Crippen LogP contribution in [0.15, 0.2) is 24.3 Å². The van der Waals surface area contributed by atoms with Crippen molar-refractivity contribution in [1.29, 1.82) is 0 Å². The molecule has 0 aliphatic heterocycles. The van der Waals surface area contributed by atoms with E-state index >= 15 is 0 Å². The van der Waals surface area contributed by atoms with Gasteiger partial charge in [-0.25, -0.2) is 4.39 Å². The van der Waals surface area contributed by atoms with E-state index in [9.17, 15) is 28.1 Å². The fourth-order valence-corrected chi connectivity index (χ4v) is 2.02. The van der Waals surface area contributed by atoms with E-state index in [2.05, 4.69) is 15.2 Å². The number of ether oxygens (including phenoxy) is 1. The summed E-state index contributed by atoms with van der Waals surface area (Å²) in [6.07, 6.45) is -0.134. The normalized spacial score (nSPS) is 10.8. The molecule has 8 nitrogen and oxygen atoms in total. The van der Waals surface area contributed by atoms with E-state index in [1.54, 1.807) is 6.92 Å². The van der Waals surface area contributed by atoms with Crippen LogP contribution in [0.4, 0.5) is 24.7 Å². The number of alkyl halides is 2. The van der Waals surface area contributed by atoms with E-state index in [0.717, 1.165) is 18.2 Å². The molecule has 2 rings (SSSR count). The highest BCUT2D eigenvalue weighted by Gasteiger charge is 2.17. The summed E-state index contributed by atoms with van der Waals surface area (Å²) in [4.78, 5) is 21.9. The zero-order valence-corrected chi connectivity index (χ0v) is 12.9. The minimum Gasteiger partial charge on any atom is -0.432 e. The van der Waals surface area contributed by atoms with Crippen LogP contribution in [0.25, 0.3) is 0 Å². The number of nitrogens with zero attached hydrogens (tertiary/aromatic N) is 3. The Hall–Kier alpha value is -3.11. The largest absolute Gasteiger partial charge is 0.432 e. The number of benzene rings is 1. The summed E-state index contributed by atoms with van der Waals surface area (Å²) in [7, 11) is 0. The van der Waals surface area contributed by atoms with Gasteiger partial charge in [-0.3, -0.25) is 4.79 Å². The fourth-order valence-electron chi connectivity index (χ4n) is 2.02. The fraction of sp³-hybridized carbons (Fsp3) is 0.286. The molecule has 1 aromatic heterocycles. The molecular formula is C14H13F3N4O4. The predicted octanol–water partition coefficient (Wildman–Crippen LogP) is 2.87. The minimum absolute atomic E-state index is 0.0394. The lowest BCUT2D eigenvalue weighted by molar-refractivity contribution is -0.389. The topological polar surface area (TPSA) is 99.3 Å². The molecule has 0 aliphatic carbocycles. The maximum Gasteiger partial charge on any atom is 0.390 e. The minimum atomic E-state index is -3.18. The van der Waals surface area contributed by atoms with E-state index in [0.29, 0.717) is 5.69 Å². The maximum atomic E-state index is 13.1. The summed E-state index contributed by atoms with van der Waals surface area (Å²) < 4.78 is 43.2. The molecule has 1 aromatic carbocycles. The lowest BCUT2D eigenvalue weighted by atomic mass is 10.2. The quantitative estimate of drug-likeness (QED) is 0.606. The average Bonchev–Trinajstić information content (AvgIpc) is 2.89. The van der Waals surface area contributed by atoms with Crippen molar-refractivity contribution in [3.8, 4) is 5.75 Å². The highest BCUT2D eigenvalue weighted by atomic mass is 19.3. The molecule has 0 unspecified atom stereocenters. The molecule has 1 amide bonds. The number of rotatable bonds is 7. The zero-order valence-electron chi connectivity index (χ0n) is 12.9. The SMILES string of the molecule is Cc1cc([N+](=O)[O-])nn1CCC(=O)Nc1ccc(F)cc1OC(F)F. The molecule has 0 atom stereocenters. The Morgan fingerprint density at radius 1 is 1.44 bits per heavy atom. The molecule has 0 bridgehead atoms. The maximum absolute atomic E-state index is 13.1. The van der Waals surface area contributed by atoms with Crippen LogP contribution < -0.4 is 10.1 Å². The van der Waals surface area contributed by atoms with Crippen LogP contribution in [0.2, 0.25) is 0 Å². The molecular weight excluding hydrogens is 345 g/mol. The Kier molecular flexibility index (Phi) is 5.57. The van der Waals surface area contributed by atoms with Crippen molar-refractivity contribution in [2.45, 2.75) is 26.5 Å². The van der Waals surface area contributed by atoms with Gasteiger partial charge in [0.15, 0.2) is 5.75 Å². The van der Waals surface area contributed by atoms with Gasteiger partial charge in [0, 0.05) is 12.5 Å². The van der Waals surface area contributed by atoms with Gasteiger partial charge in [0.05, 0.1) is 29.1 Å². The number of halogens is 3. The summed E-state index contributed by atoms with van der Waals surface area (Å²) in [6, 6.07) is 4.05. The Balaban J connectivity index is 2.02. The van der Waals surface area contributed by atoms with Gasteiger partial charge >= 0.3 is 12.4 Å². The molecule has 0 aliphatic rings. The summed E-state index contributed by atoms with van der Waals surface area (Å²) in [6.45, 7) is -1.55. The Morgan fingerprint density at radius 3 is 2.76 bits per heavy atom. The first-order chi connectivity index (χ1) is 11.8. The molecule has 0 saturated heterocycles. The van der Waals surface area contributed by atoms with Gasteiger partial charge < -0.3 is 20.2 Å². The second-order valence-electron chi connectivity index (χ2n) is 4.94. The van der Waals surface area contributed by atoms with Crippen molar-refractivity contribution < 1.29 is 27.6 Å². The van der Waals surface area contributed by atoms with Crippen molar-refractivity contribution in [2.24, 2.45) is 0 Å². The van der Waals surface area contributed by atoms with Gasteiger partial charge in [0.1, 0.15) is 5.82 Å². The van der Waals surface area contributed by atoms with Crippen LogP contribution in [0, 0.1) is 22.9 Å². The summed E-state index contributed by atoms with van der Waals surface area (Å²) in [5.74, 6) is -2.23. The van der Waals surface area contributed by atoms with Gasteiger partial charge in [-0.05, 0) is 24.0 Å². The number of hydrogen-bond donors (Lipinski definition) is 1. The standard InChI is InChI=1S/C14H13F3N4O4/c1-8-6-12(21(23)24)19-20(8)5-4-13(22)18-10-3-2-9(15)7-11(10)25-14(16)17/h2-3,6-7,14H,4-5H2,1H3,(H,18,22). The Morgan fingerprint density at radius 2 is 2.16 bits per heavy atom. The first kappa shape index (κ1) is 18.2. The van der Waals surface area contributed by atoms with Crippen molar-refractivity contribution in [2.75, 3.05) is 5.32 Å². The highest BCUT2D eigenvalue weighted by molar-refractivity contribution is 5.92. The number of carbonyl (C=O) groups excluding carboxylic acids is 1. The lowest BCUT2D eigenvalue weighted by Gasteiger charge is -2.11. The van der Waals surface area contributed by atoms with Crippen LogP contribution in [0.3, 0.4) is 0 Å². The number of hydrogen-bond acceptors (Lipinski definition) is 5. The average molecular weight is 358 g/mol. The van der Waals surface area contributed by atoms with Crippen molar-refractivity contribution >= 4 is 17.4 Å². The van der Waals surface area contributed by atoms with Crippen LogP contribution in [-0.4, -0.2) is 27.2 Å². The van der Waals surface area contributed by atoms with Crippen molar-refractivity contribution in [1.82, 2.24) is 9.78 Å². The lowest BCUT2D eigenvalue weighted by Crippen LogP contribution is -2.17. The van der Waals surface area contributed by atoms with Gasteiger partial charge in [-0.1, -0.05) is 0 Å². The number of nitrogens with one attached hydrogen (secondary N) is 1. The van der Waals surface area contributed by atoms with Crippen LogP contribution in [0.5, 0.6) is 5.75 Å². The van der Waals surface area contributed by atoms with E-state index in [-0.39, 0.29) is 24.5 Å². The van der Waals surface area contributed by atoms with Crippen LogP contribution in [0.1, 0.15) is 12.1 Å². The third-order valence-electron chi connectivity index (χ3n) is 3.14. The molecule has 0 spiro atoms. The smallest absolute Gasteiger partial charge is 0.390 e. The summed E-state index contributed by atoms with van der Waals surface area (Å²) in [5.41, 5.74) is 0.373. The molecule has 25 heavy (non-hydrogen) atoms. The van der Waals surface area contributed by atoms with Crippen molar-refractivity contribution in [3.05, 3.63) is 45.9 Å². The van der Waals surface area contributed by atoms with E-state index < -0.39 is 29.0 Å². The van der Waals surface area contributed by atoms with E-state index in [1.807, 2.05) is 0 Å². The molecule has 134 valence electrons. The molecule has 1 heterocycles. The molecule has 11 heteroatoms. The number of amides is 1. The number of anilines is 1. The first-order valence-corrected chi connectivity index (χ1v) is 6.99. The molecule has 0 saturated carbocycles. The molecule has 1 N–H and O–H groups in total. The second-order valence-corrected chi connectivity index (χ2v) is 4.94. The third-order valence-corrected chi connectivity index (χ3v) is 3.14. The number of carbonyl (C=O) groups is 1. The highest BCUT2D eigenvalue weighted by Crippen LogP contribution is 2.27. The molecule has 2 aromatic rings. The van der Waals surface area contributed by atoms with E-state index in [4.69, 9.17) is 0 Å². The number of nitro groups is 1. The monoisotopic (exact) mass is 358 g/mol. The molecule has 0 radical (unpaired) electrons. The van der Waals surface area contributed by atoms with Gasteiger partial charge in [-0.15, -0.1) is 0 Å². The summed E-state index contributed by atoms with van der Waals surface area (Å²) >= 11 is 0. The Labute approximate surface area is 139 Å². The van der Waals surface area contributed by atoms with Gasteiger partial charge in [0.25, 0.3) is 0 Å². The van der Waals surface area contributed by atoms with Gasteiger partial charge in [-0.2, -0.15) is 13.5 Å². The van der Waals surface area contributed by atoms with Crippen LogP contribution in [-0.2, 0) is 11.3 Å². The van der Waals surface area contributed by atoms with E-state index in [1.165, 1.54) is 10.7 Å². The molecule has 0 fully saturated rings. The van der Waals surface area contributed by atoms with Crippen molar-refractivity contribution in [3.63, 3.8) is 0 Å².